The number of hydrogen-bond acceptors (Lipinski definition) is 6. The van der Waals surface area contributed by atoms with Crippen molar-refractivity contribution in [3.05, 3.63) is 22.7 Å². The lowest BCUT2D eigenvalue weighted by atomic mass is 10.1. The largest absolute Gasteiger partial charge is 0.452 e. The normalized spacial score (nSPS) is 27.6. The van der Waals surface area contributed by atoms with E-state index in [4.69, 9.17) is 15.2 Å². The fourth-order valence-electron chi connectivity index (χ4n) is 2.26. The molecule has 10 heteroatoms. The first-order valence-electron chi connectivity index (χ1n) is 6.91. The van der Waals surface area contributed by atoms with Gasteiger partial charge in [0, 0.05) is 6.20 Å². The third-order valence-electron chi connectivity index (χ3n) is 3.42. The van der Waals surface area contributed by atoms with Crippen LogP contribution in [-0.4, -0.2) is 38.5 Å². The molecule has 1 aromatic rings. The average Bonchev–Trinajstić information content (AvgIpc) is 2.70. The molecule has 0 aliphatic carbocycles. The molecule has 2 heterocycles. The van der Waals surface area contributed by atoms with Crippen LogP contribution in [0.1, 0.15) is 26.5 Å². The number of nitrogens with two attached hydrogens (primary N) is 1. The van der Waals surface area contributed by atoms with Crippen LogP contribution in [0.25, 0.3) is 0 Å². The number of carbonyl (C=O) groups excluding carboxylic acids is 1. The van der Waals surface area contributed by atoms with E-state index in [1.807, 2.05) is 0 Å². The monoisotopic (exact) mass is 395 g/mol. The van der Waals surface area contributed by atoms with E-state index in [-0.39, 0.29) is 12.2 Å². The number of hydrogen-bond donors (Lipinski definition) is 1. The van der Waals surface area contributed by atoms with Gasteiger partial charge in [0.1, 0.15) is 16.7 Å². The van der Waals surface area contributed by atoms with Gasteiger partial charge >= 0.3 is 17.6 Å². The van der Waals surface area contributed by atoms with E-state index in [0.717, 1.165) is 6.20 Å². The lowest BCUT2D eigenvalue weighted by molar-refractivity contribution is -0.175. The van der Waals surface area contributed by atoms with Crippen LogP contribution in [0.4, 0.5) is 14.6 Å². The molecule has 23 heavy (non-hydrogen) atoms. The predicted octanol–water partition coefficient (Wildman–Crippen LogP) is 1.46. The van der Waals surface area contributed by atoms with Crippen molar-refractivity contribution in [1.82, 2.24) is 9.55 Å². The Hall–Kier alpha value is -1.55. The van der Waals surface area contributed by atoms with E-state index in [2.05, 4.69) is 20.9 Å². The van der Waals surface area contributed by atoms with Gasteiger partial charge in [-0.3, -0.25) is 9.36 Å². The Kier molecular flexibility index (Phi) is 5.04. The van der Waals surface area contributed by atoms with Gasteiger partial charge in [-0.05, 0) is 19.4 Å². The quantitative estimate of drug-likeness (QED) is 0.612. The molecule has 1 aliphatic heterocycles. The molecule has 1 saturated heterocycles. The minimum atomic E-state index is -3.60. The molecule has 1 aliphatic rings. The van der Waals surface area contributed by atoms with Crippen molar-refractivity contribution in [2.75, 3.05) is 5.73 Å². The van der Waals surface area contributed by atoms with Gasteiger partial charge in [-0.1, -0.05) is 22.9 Å². The predicted molar refractivity (Wildman–Crippen MR) is 80.3 cm³/mol. The van der Waals surface area contributed by atoms with E-state index in [1.165, 1.54) is 13.0 Å². The first-order chi connectivity index (χ1) is 10.7. The number of aromatic nitrogens is 2. The maximum atomic E-state index is 14.7. The van der Waals surface area contributed by atoms with Crippen molar-refractivity contribution in [2.24, 2.45) is 0 Å². The van der Waals surface area contributed by atoms with Crippen LogP contribution in [0.15, 0.2) is 17.1 Å². The maximum absolute atomic E-state index is 14.7. The van der Waals surface area contributed by atoms with E-state index >= 15 is 0 Å². The molecule has 2 rings (SSSR count). The highest BCUT2D eigenvalue weighted by atomic mass is 79.9. The van der Waals surface area contributed by atoms with Gasteiger partial charge in [0.15, 0.2) is 6.10 Å². The zero-order valence-corrected chi connectivity index (χ0v) is 14.0. The van der Waals surface area contributed by atoms with Gasteiger partial charge in [-0.2, -0.15) is 13.8 Å². The van der Waals surface area contributed by atoms with Crippen LogP contribution in [-0.2, 0) is 14.3 Å². The van der Waals surface area contributed by atoms with E-state index < -0.39 is 40.8 Å². The molecule has 1 aromatic heterocycles. The standard InChI is InChI=1S/C13H16BrF2N3O4/c1-3-7-9(23-10(20)6(2)14)13(15,16)11(22-7)19-5-4-8(17)18-12(19)21/h4-7,9,11H,3H2,1-2H3,(H2,17,18,21)/t6?,7-,9+,11?/m1/s1. The number of halogens is 3. The van der Waals surface area contributed by atoms with Crippen LogP contribution < -0.4 is 11.4 Å². The summed E-state index contributed by atoms with van der Waals surface area (Å²) in [7, 11) is 0. The summed E-state index contributed by atoms with van der Waals surface area (Å²) in [5.41, 5.74) is 4.38. The highest BCUT2D eigenvalue weighted by Crippen LogP contribution is 2.45. The maximum Gasteiger partial charge on any atom is 0.351 e. The van der Waals surface area contributed by atoms with Crippen LogP contribution in [0.2, 0.25) is 0 Å². The average molecular weight is 396 g/mol. The van der Waals surface area contributed by atoms with Crippen molar-refractivity contribution in [2.45, 2.75) is 49.5 Å². The molecule has 0 spiro atoms. The molecule has 0 bridgehead atoms. The van der Waals surface area contributed by atoms with Gasteiger partial charge in [0.25, 0.3) is 0 Å². The number of nitrogen functional groups attached to an aromatic ring is 1. The molecule has 2 unspecified atom stereocenters. The fourth-order valence-corrected chi connectivity index (χ4v) is 2.36. The zero-order chi connectivity index (χ0) is 17.4. The summed E-state index contributed by atoms with van der Waals surface area (Å²) in [6.45, 7) is 3.08. The minimum absolute atomic E-state index is 0.0873. The highest BCUT2D eigenvalue weighted by molar-refractivity contribution is 9.10. The third kappa shape index (κ3) is 3.37. The lowest BCUT2D eigenvalue weighted by Gasteiger charge is -2.24. The molecule has 2 N–H and O–H groups in total. The van der Waals surface area contributed by atoms with Gasteiger partial charge in [0.05, 0.1) is 0 Å². The molecular weight excluding hydrogens is 380 g/mol. The van der Waals surface area contributed by atoms with Crippen molar-refractivity contribution in [1.29, 1.82) is 0 Å². The molecule has 128 valence electrons. The Balaban J connectivity index is 2.36. The Bertz CT molecular complexity index is 652. The van der Waals surface area contributed by atoms with Crippen molar-refractivity contribution >= 4 is 27.7 Å². The van der Waals surface area contributed by atoms with Crippen LogP contribution in [0, 0.1) is 0 Å². The summed E-state index contributed by atoms with van der Waals surface area (Å²) in [6, 6.07) is 1.21. The Morgan fingerprint density at radius 1 is 1.65 bits per heavy atom. The number of carbonyl (C=O) groups is 1. The molecular formula is C13H16BrF2N3O4. The highest BCUT2D eigenvalue weighted by Gasteiger charge is 2.62. The van der Waals surface area contributed by atoms with E-state index in [1.54, 1.807) is 6.92 Å². The Morgan fingerprint density at radius 2 is 2.30 bits per heavy atom. The van der Waals surface area contributed by atoms with Crippen LogP contribution in [0.3, 0.4) is 0 Å². The lowest BCUT2D eigenvalue weighted by Crippen LogP contribution is -2.44. The summed E-state index contributed by atoms with van der Waals surface area (Å²) in [6.07, 6.45) is -3.51. The number of ether oxygens (including phenoxy) is 2. The number of anilines is 1. The van der Waals surface area contributed by atoms with Gasteiger partial charge in [0.2, 0.25) is 6.23 Å². The van der Waals surface area contributed by atoms with Crippen molar-refractivity contribution in [3.8, 4) is 0 Å². The Labute approximate surface area is 138 Å². The van der Waals surface area contributed by atoms with Crippen LogP contribution >= 0.6 is 15.9 Å². The molecule has 7 nitrogen and oxygen atoms in total. The molecule has 0 saturated carbocycles. The summed E-state index contributed by atoms with van der Waals surface area (Å²) in [5, 5.41) is 0. The number of esters is 1. The summed E-state index contributed by atoms with van der Waals surface area (Å²) in [4.78, 5) is 26.1. The van der Waals surface area contributed by atoms with Crippen molar-refractivity contribution in [3.63, 3.8) is 0 Å². The summed E-state index contributed by atoms with van der Waals surface area (Å²) >= 11 is 2.97. The minimum Gasteiger partial charge on any atom is -0.452 e. The molecule has 1 fully saturated rings. The molecule has 0 amide bonds. The first kappa shape index (κ1) is 17.8. The van der Waals surface area contributed by atoms with E-state index in [9.17, 15) is 18.4 Å². The van der Waals surface area contributed by atoms with Crippen molar-refractivity contribution < 1.29 is 23.0 Å². The second-order valence-corrected chi connectivity index (χ2v) is 6.50. The summed E-state index contributed by atoms with van der Waals surface area (Å²) in [5.74, 6) is -4.52. The number of rotatable bonds is 4. The second kappa shape index (κ2) is 6.52. The first-order valence-corrected chi connectivity index (χ1v) is 7.82. The topological polar surface area (TPSA) is 96.4 Å². The SMILES string of the molecule is CC[C@H]1OC(n2ccc(N)nc2=O)C(F)(F)[C@H]1OC(=O)C(C)Br. The third-order valence-corrected chi connectivity index (χ3v) is 3.80. The smallest absolute Gasteiger partial charge is 0.351 e. The van der Waals surface area contributed by atoms with Gasteiger partial charge in [-0.25, -0.2) is 4.79 Å². The number of nitrogens with zero attached hydrogens (tertiary/aromatic N) is 2. The molecule has 0 radical (unpaired) electrons. The zero-order valence-electron chi connectivity index (χ0n) is 12.4. The summed E-state index contributed by atoms with van der Waals surface area (Å²) < 4.78 is 40.1. The number of alkyl halides is 3. The van der Waals surface area contributed by atoms with Gasteiger partial charge in [-0.15, -0.1) is 0 Å². The second-order valence-electron chi connectivity index (χ2n) is 5.13. The van der Waals surface area contributed by atoms with E-state index in [0.29, 0.717) is 4.57 Å². The molecule has 0 aromatic carbocycles. The van der Waals surface area contributed by atoms with Crippen LogP contribution in [0.5, 0.6) is 0 Å². The Morgan fingerprint density at radius 3 is 2.83 bits per heavy atom. The fraction of sp³-hybridized carbons (Fsp3) is 0.615. The molecule has 4 atom stereocenters. The van der Waals surface area contributed by atoms with Gasteiger partial charge < -0.3 is 15.2 Å².